The molecule has 0 aromatic heterocycles. The monoisotopic (exact) mass is 318 g/mol. The Morgan fingerprint density at radius 3 is 2.42 bits per heavy atom. The highest BCUT2D eigenvalue weighted by Gasteiger charge is 2.33. The molecule has 0 spiro atoms. The van der Waals surface area contributed by atoms with Crippen molar-refractivity contribution in [3.8, 4) is 0 Å². The van der Waals surface area contributed by atoms with Gasteiger partial charge in [0.25, 0.3) is 0 Å². The van der Waals surface area contributed by atoms with Crippen molar-refractivity contribution in [1.29, 1.82) is 0 Å². The van der Waals surface area contributed by atoms with Crippen molar-refractivity contribution in [2.45, 2.75) is 31.0 Å². The molecule has 0 nitrogen and oxygen atoms in total. The van der Waals surface area contributed by atoms with Crippen LogP contribution >= 0.6 is 15.9 Å². The molecule has 0 N–H and O–H groups in total. The lowest BCUT2D eigenvalue weighted by Crippen LogP contribution is -2.21. The van der Waals surface area contributed by atoms with Crippen LogP contribution in [0, 0.1) is 19.7 Å². The molecule has 2 atom stereocenters. The van der Waals surface area contributed by atoms with Crippen LogP contribution in [-0.2, 0) is 6.42 Å². The number of halogens is 2. The van der Waals surface area contributed by atoms with E-state index in [1.165, 1.54) is 16.7 Å². The van der Waals surface area contributed by atoms with Gasteiger partial charge in [0.15, 0.2) is 0 Å². The van der Waals surface area contributed by atoms with E-state index in [2.05, 4.69) is 40.2 Å². The molecule has 2 heteroatoms. The summed E-state index contributed by atoms with van der Waals surface area (Å²) in [5.74, 6) is 0.353. The van der Waals surface area contributed by atoms with Gasteiger partial charge in [-0.05, 0) is 60.2 Å². The van der Waals surface area contributed by atoms with Crippen LogP contribution in [0.25, 0.3) is 0 Å². The highest BCUT2D eigenvalue weighted by molar-refractivity contribution is 9.09. The highest BCUT2D eigenvalue weighted by Crippen LogP contribution is 2.49. The third-order valence-corrected chi connectivity index (χ3v) is 5.18. The minimum atomic E-state index is -0.146. The molecule has 0 amide bonds. The summed E-state index contributed by atoms with van der Waals surface area (Å²) in [4.78, 5) is 0.267. The quantitative estimate of drug-likeness (QED) is 0.666. The van der Waals surface area contributed by atoms with Gasteiger partial charge in [-0.15, -0.1) is 0 Å². The van der Waals surface area contributed by atoms with Crippen LogP contribution in [0.3, 0.4) is 0 Å². The summed E-state index contributed by atoms with van der Waals surface area (Å²) in [5, 5.41) is 0. The predicted molar refractivity (Wildman–Crippen MR) is 80.4 cm³/mol. The number of aryl methyl sites for hydroxylation is 2. The molecule has 0 aliphatic heterocycles. The summed E-state index contributed by atoms with van der Waals surface area (Å²) in [6, 6.07) is 11.8. The van der Waals surface area contributed by atoms with Crippen LogP contribution < -0.4 is 0 Å². The second-order valence-electron chi connectivity index (χ2n) is 5.36. The molecule has 0 saturated heterocycles. The van der Waals surface area contributed by atoms with Crippen LogP contribution in [0.5, 0.6) is 0 Å². The van der Waals surface area contributed by atoms with Crippen molar-refractivity contribution in [1.82, 2.24) is 0 Å². The number of alkyl halides is 1. The highest BCUT2D eigenvalue weighted by atomic mass is 79.9. The standard InChI is InChI=1S/C17H16BrF/c1-10-7-13(19)8-11(2)16(10)17(18)15-9-12-5-3-4-6-14(12)15/h3-8,15,17H,9H2,1-2H3. The first-order chi connectivity index (χ1) is 9.08. The topological polar surface area (TPSA) is 0 Å². The maximum atomic E-state index is 13.4. The molecular formula is C17H16BrF. The molecule has 98 valence electrons. The lowest BCUT2D eigenvalue weighted by Gasteiger charge is -2.35. The van der Waals surface area contributed by atoms with Gasteiger partial charge in [0.05, 0.1) is 0 Å². The van der Waals surface area contributed by atoms with Crippen molar-refractivity contribution in [3.63, 3.8) is 0 Å². The fourth-order valence-electron chi connectivity index (χ4n) is 3.12. The third-order valence-electron chi connectivity index (χ3n) is 4.08. The molecule has 2 aromatic carbocycles. The molecule has 19 heavy (non-hydrogen) atoms. The number of rotatable bonds is 2. The van der Waals surface area contributed by atoms with Gasteiger partial charge in [0, 0.05) is 10.7 Å². The summed E-state index contributed by atoms with van der Waals surface area (Å²) in [6.07, 6.45) is 1.10. The lowest BCUT2D eigenvalue weighted by atomic mass is 9.73. The van der Waals surface area contributed by atoms with Crippen molar-refractivity contribution >= 4 is 15.9 Å². The SMILES string of the molecule is Cc1cc(F)cc(C)c1C(Br)C1Cc2ccccc21. The number of hydrogen-bond donors (Lipinski definition) is 0. The second kappa shape index (κ2) is 4.75. The zero-order valence-corrected chi connectivity index (χ0v) is 12.7. The maximum absolute atomic E-state index is 13.4. The van der Waals surface area contributed by atoms with E-state index < -0.39 is 0 Å². The Hall–Kier alpha value is -1.15. The zero-order chi connectivity index (χ0) is 13.6. The van der Waals surface area contributed by atoms with E-state index in [-0.39, 0.29) is 10.6 Å². The Kier molecular flexibility index (Phi) is 3.22. The van der Waals surface area contributed by atoms with Crippen LogP contribution in [-0.4, -0.2) is 0 Å². The predicted octanol–water partition coefficient (Wildman–Crippen LogP) is 5.22. The Balaban J connectivity index is 1.97. The van der Waals surface area contributed by atoms with Crippen molar-refractivity contribution in [3.05, 3.63) is 70.0 Å². The van der Waals surface area contributed by atoms with Crippen LogP contribution in [0.4, 0.5) is 4.39 Å². The van der Waals surface area contributed by atoms with Crippen LogP contribution in [0.2, 0.25) is 0 Å². The molecule has 0 fully saturated rings. The van der Waals surface area contributed by atoms with E-state index in [9.17, 15) is 4.39 Å². The van der Waals surface area contributed by atoms with E-state index >= 15 is 0 Å². The first-order valence-corrected chi connectivity index (χ1v) is 7.48. The van der Waals surface area contributed by atoms with E-state index in [1.807, 2.05) is 13.8 Å². The minimum absolute atomic E-state index is 0.146. The van der Waals surface area contributed by atoms with Gasteiger partial charge in [-0.25, -0.2) is 4.39 Å². The third kappa shape index (κ3) is 2.12. The molecule has 3 rings (SSSR count). The van der Waals surface area contributed by atoms with Crippen molar-refractivity contribution < 1.29 is 4.39 Å². The normalized spacial score (nSPS) is 18.6. The summed E-state index contributed by atoms with van der Waals surface area (Å²) in [6.45, 7) is 3.98. The van der Waals surface area contributed by atoms with E-state index in [0.717, 1.165) is 17.5 Å². The number of hydrogen-bond acceptors (Lipinski definition) is 0. The van der Waals surface area contributed by atoms with E-state index in [0.29, 0.717) is 5.92 Å². The second-order valence-corrected chi connectivity index (χ2v) is 6.35. The lowest BCUT2D eigenvalue weighted by molar-refractivity contribution is 0.591. The van der Waals surface area contributed by atoms with Crippen molar-refractivity contribution in [2.24, 2.45) is 0 Å². The Morgan fingerprint density at radius 2 is 1.79 bits per heavy atom. The van der Waals surface area contributed by atoms with Gasteiger partial charge >= 0.3 is 0 Å². The zero-order valence-electron chi connectivity index (χ0n) is 11.1. The van der Waals surface area contributed by atoms with Gasteiger partial charge in [-0.2, -0.15) is 0 Å². The minimum Gasteiger partial charge on any atom is -0.207 e. The first-order valence-electron chi connectivity index (χ1n) is 6.56. The maximum Gasteiger partial charge on any atom is 0.123 e. The van der Waals surface area contributed by atoms with E-state index in [4.69, 9.17) is 0 Å². The fraction of sp³-hybridized carbons (Fsp3) is 0.294. The average molecular weight is 319 g/mol. The summed E-state index contributed by atoms with van der Waals surface area (Å²) < 4.78 is 13.4. The Bertz CT molecular complexity index is 610. The molecule has 2 unspecified atom stereocenters. The summed E-state index contributed by atoms with van der Waals surface area (Å²) >= 11 is 3.84. The molecule has 0 bridgehead atoms. The van der Waals surface area contributed by atoms with E-state index in [1.54, 1.807) is 12.1 Å². The van der Waals surface area contributed by atoms with Gasteiger partial charge in [0.1, 0.15) is 5.82 Å². The molecule has 1 aliphatic carbocycles. The molecule has 0 heterocycles. The van der Waals surface area contributed by atoms with Gasteiger partial charge in [0.2, 0.25) is 0 Å². The number of fused-ring (bicyclic) bond motifs is 1. The van der Waals surface area contributed by atoms with Gasteiger partial charge < -0.3 is 0 Å². The first kappa shape index (κ1) is 12.9. The fourth-order valence-corrected chi connectivity index (χ4v) is 4.31. The average Bonchev–Trinajstić information content (AvgIpc) is 2.29. The molecular weight excluding hydrogens is 303 g/mol. The van der Waals surface area contributed by atoms with Crippen LogP contribution in [0.15, 0.2) is 36.4 Å². The number of benzene rings is 2. The van der Waals surface area contributed by atoms with Gasteiger partial charge in [-0.3, -0.25) is 0 Å². The molecule has 1 aliphatic rings. The Morgan fingerprint density at radius 1 is 1.16 bits per heavy atom. The van der Waals surface area contributed by atoms with Gasteiger partial charge in [-0.1, -0.05) is 40.2 Å². The molecule has 2 aromatic rings. The van der Waals surface area contributed by atoms with Crippen LogP contribution in [0.1, 0.15) is 38.6 Å². The molecule has 0 radical (unpaired) electrons. The largest absolute Gasteiger partial charge is 0.207 e. The smallest absolute Gasteiger partial charge is 0.123 e. The summed E-state index contributed by atoms with van der Waals surface area (Å²) in [5.41, 5.74) is 6.16. The van der Waals surface area contributed by atoms with Crippen molar-refractivity contribution in [2.75, 3.05) is 0 Å². The summed E-state index contributed by atoms with van der Waals surface area (Å²) in [7, 11) is 0. The molecule has 0 saturated carbocycles. The Labute approximate surface area is 121 Å².